The average molecular weight is 245 g/mol. The molecular formula is C13H15N3O2. The lowest BCUT2D eigenvalue weighted by atomic mass is 10.2. The summed E-state index contributed by atoms with van der Waals surface area (Å²) in [5, 5.41) is 0. The van der Waals surface area contributed by atoms with Crippen LogP contribution in [-0.4, -0.2) is 43.6 Å². The molecule has 0 atom stereocenters. The number of amides is 1. The third-order valence-electron chi connectivity index (χ3n) is 3.08. The Morgan fingerprint density at radius 1 is 1.28 bits per heavy atom. The summed E-state index contributed by atoms with van der Waals surface area (Å²) in [7, 11) is 1.82. The minimum absolute atomic E-state index is 0.135. The van der Waals surface area contributed by atoms with Crippen molar-refractivity contribution in [3.8, 4) is 0 Å². The third kappa shape index (κ3) is 2.76. The van der Waals surface area contributed by atoms with Crippen LogP contribution in [0.25, 0.3) is 0 Å². The van der Waals surface area contributed by atoms with Gasteiger partial charge in [-0.25, -0.2) is 9.79 Å². The first kappa shape index (κ1) is 12.3. The van der Waals surface area contributed by atoms with Gasteiger partial charge in [0.2, 0.25) is 12.0 Å². The highest BCUT2D eigenvalue weighted by Gasteiger charge is 2.20. The normalized spacial score (nSPS) is 15.5. The monoisotopic (exact) mass is 245 g/mol. The molecule has 18 heavy (non-hydrogen) atoms. The zero-order valence-electron chi connectivity index (χ0n) is 10.3. The second kappa shape index (κ2) is 5.47. The fraction of sp³-hybridized carbons (Fsp3) is 0.385. The molecule has 1 aliphatic rings. The number of rotatable bonds is 3. The number of nitrogens with zero attached hydrogens (tertiary/aromatic N) is 3. The molecule has 1 aromatic carbocycles. The van der Waals surface area contributed by atoms with Crippen molar-refractivity contribution in [3.05, 3.63) is 29.8 Å². The van der Waals surface area contributed by atoms with Gasteiger partial charge in [-0.1, -0.05) is 12.1 Å². The van der Waals surface area contributed by atoms with Crippen molar-refractivity contribution in [3.63, 3.8) is 0 Å². The first-order valence-corrected chi connectivity index (χ1v) is 5.82. The van der Waals surface area contributed by atoms with Crippen LogP contribution >= 0.6 is 0 Å². The van der Waals surface area contributed by atoms with E-state index in [9.17, 15) is 9.59 Å². The van der Waals surface area contributed by atoms with E-state index in [-0.39, 0.29) is 5.91 Å². The molecule has 0 radical (unpaired) electrons. The summed E-state index contributed by atoms with van der Waals surface area (Å²) in [5.41, 5.74) is 1.98. The lowest BCUT2D eigenvalue weighted by Gasteiger charge is -2.33. The predicted molar refractivity (Wildman–Crippen MR) is 68.1 cm³/mol. The van der Waals surface area contributed by atoms with Crippen LogP contribution in [0, 0.1) is 0 Å². The molecule has 5 heteroatoms. The topological polar surface area (TPSA) is 53.0 Å². The molecule has 0 bridgehead atoms. The maximum Gasteiger partial charge on any atom is 0.241 e. The summed E-state index contributed by atoms with van der Waals surface area (Å²) in [6, 6.07) is 7.74. The lowest BCUT2D eigenvalue weighted by Crippen LogP contribution is -2.48. The molecule has 1 fully saturated rings. The van der Waals surface area contributed by atoms with E-state index in [0.717, 1.165) is 24.3 Å². The zero-order chi connectivity index (χ0) is 13.0. The minimum atomic E-state index is 0.135. The number of piperazine rings is 1. The van der Waals surface area contributed by atoms with E-state index in [2.05, 4.69) is 9.89 Å². The molecule has 5 nitrogen and oxygen atoms in total. The van der Waals surface area contributed by atoms with E-state index >= 15 is 0 Å². The quantitative estimate of drug-likeness (QED) is 0.584. The van der Waals surface area contributed by atoms with Gasteiger partial charge < -0.3 is 9.80 Å². The number of isocyanates is 1. The first-order valence-electron chi connectivity index (χ1n) is 5.82. The van der Waals surface area contributed by atoms with E-state index in [0.29, 0.717) is 13.1 Å². The van der Waals surface area contributed by atoms with Crippen molar-refractivity contribution >= 4 is 17.7 Å². The molecule has 0 aromatic heterocycles. The molecule has 1 heterocycles. The highest BCUT2D eigenvalue weighted by atomic mass is 16.2. The van der Waals surface area contributed by atoms with E-state index in [1.54, 1.807) is 4.90 Å². The number of hydrogen-bond acceptors (Lipinski definition) is 4. The summed E-state index contributed by atoms with van der Waals surface area (Å²) in [6.45, 7) is 2.36. The van der Waals surface area contributed by atoms with Crippen LogP contribution in [0.4, 0.5) is 5.69 Å². The van der Waals surface area contributed by atoms with Crippen LogP contribution in [0.15, 0.2) is 29.3 Å². The first-order chi connectivity index (χ1) is 8.70. The van der Waals surface area contributed by atoms with Gasteiger partial charge in [-0.15, -0.1) is 0 Å². The van der Waals surface area contributed by atoms with Gasteiger partial charge in [-0.05, 0) is 17.7 Å². The van der Waals surface area contributed by atoms with Crippen molar-refractivity contribution in [2.45, 2.75) is 6.54 Å². The summed E-state index contributed by atoms with van der Waals surface area (Å²) in [4.78, 5) is 28.9. The van der Waals surface area contributed by atoms with E-state index in [1.807, 2.05) is 31.3 Å². The van der Waals surface area contributed by atoms with Crippen LogP contribution in [0.1, 0.15) is 5.56 Å². The molecule has 1 aromatic rings. The van der Waals surface area contributed by atoms with Crippen LogP contribution in [-0.2, 0) is 16.1 Å². The number of likely N-dealkylation sites (N-methyl/N-ethyl adjacent to an activating group) is 1. The number of carbonyl (C=O) groups is 1. The number of aliphatic imine (C=N–C) groups is 1. The van der Waals surface area contributed by atoms with Gasteiger partial charge in [0, 0.05) is 25.8 Å². The minimum Gasteiger partial charge on any atom is -0.360 e. The molecule has 94 valence electrons. The fourth-order valence-electron chi connectivity index (χ4n) is 1.91. The van der Waals surface area contributed by atoms with Gasteiger partial charge in [-0.3, -0.25) is 4.79 Å². The van der Waals surface area contributed by atoms with E-state index in [1.165, 1.54) is 6.08 Å². The van der Waals surface area contributed by atoms with Crippen LogP contribution in [0.2, 0.25) is 0 Å². The van der Waals surface area contributed by atoms with E-state index in [4.69, 9.17) is 0 Å². The van der Waals surface area contributed by atoms with Crippen molar-refractivity contribution in [1.29, 1.82) is 0 Å². The molecular weight excluding hydrogens is 230 g/mol. The summed E-state index contributed by atoms with van der Waals surface area (Å²) >= 11 is 0. The van der Waals surface area contributed by atoms with Crippen molar-refractivity contribution < 1.29 is 9.59 Å². The zero-order valence-corrected chi connectivity index (χ0v) is 10.3. The molecule has 0 spiro atoms. The number of anilines is 1. The largest absolute Gasteiger partial charge is 0.360 e. The van der Waals surface area contributed by atoms with Gasteiger partial charge in [0.1, 0.15) is 0 Å². The summed E-state index contributed by atoms with van der Waals surface area (Å²) in [5.74, 6) is 0.135. The van der Waals surface area contributed by atoms with Crippen molar-refractivity contribution in [1.82, 2.24) is 4.90 Å². The molecule has 1 saturated heterocycles. The Morgan fingerprint density at radius 3 is 2.61 bits per heavy atom. The Morgan fingerprint density at radius 2 is 2.00 bits per heavy atom. The maximum atomic E-state index is 11.6. The van der Waals surface area contributed by atoms with Gasteiger partial charge in [0.05, 0.1) is 13.1 Å². The highest BCUT2D eigenvalue weighted by Crippen LogP contribution is 2.17. The molecule has 0 saturated carbocycles. The highest BCUT2D eigenvalue weighted by molar-refractivity contribution is 5.82. The second-order valence-corrected chi connectivity index (χ2v) is 4.31. The van der Waals surface area contributed by atoms with Gasteiger partial charge in [0.15, 0.2) is 0 Å². The van der Waals surface area contributed by atoms with Crippen molar-refractivity contribution in [2.75, 3.05) is 31.6 Å². The molecule has 2 rings (SSSR count). The van der Waals surface area contributed by atoms with Crippen LogP contribution in [0.5, 0.6) is 0 Å². The number of hydrogen-bond donors (Lipinski definition) is 0. The molecule has 1 aliphatic heterocycles. The summed E-state index contributed by atoms with van der Waals surface area (Å²) in [6.07, 6.45) is 1.52. The Kier molecular flexibility index (Phi) is 3.75. The Hall–Kier alpha value is -2.13. The molecule has 0 unspecified atom stereocenters. The SMILES string of the molecule is CN1CCN(c2ccc(CN=C=O)cc2)CC1=O. The van der Waals surface area contributed by atoms with Crippen LogP contribution in [0.3, 0.4) is 0 Å². The second-order valence-electron chi connectivity index (χ2n) is 4.31. The number of benzene rings is 1. The summed E-state index contributed by atoms with van der Waals surface area (Å²) < 4.78 is 0. The van der Waals surface area contributed by atoms with Gasteiger partial charge >= 0.3 is 0 Å². The standard InChI is InChI=1S/C13H15N3O2/c1-15-6-7-16(9-13(15)18)12-4-2-11(3-5-12)8-14-10-17/h2-5H,6-9H2,1H3. The third-order valence-corrected chi connectivity index (χ3v) is 3.08. The Labute approximate surface area is 106 Å². The predicted octanol–water partition coefficient (Wildman–Crippen LogP) is 0.801. The van der Waals surface area contributed by atoms with Gasteiger partial charge in [-0.2, -0.15) is 0 Å². The Bertz CT molecular complexity index is 478. The van der Waals surface area contributed by atoms with Crippen molar-refractivity contribution in [2.24, 2.45) is 4.99 Å². The maximum absolute atomic E-state index is 11.6. The van der Waals surface area contributed by atoms with Gasteiger partial charge in [0.25, 0.3) is 0 Å². The fourth-order valence-corrected chi connectivity index (χ4v) is 1.91. The molecule has 1 amide bonds. The lowest BCUT2D eigenvalue weighted by molar-refractivity contribution is -0.129. The van der Waals surface area contributed by atoms with Crippen LogP contribution < -0.4 is 4.90 Å². The average Bonchev–Trinajstić information content (AvgIpc) is 2.40. The molecule has 0 aliphatic carbocycles. The number of carbonyl (C=O) groups excluding carboxylic acids is 2. The molecule has 0 N–H and O–H groups in total. The smallest absolute Gasteiger partial charge is 0.241 e. The van der Waals surface area contributed by atoms with E-state index < -0.39 is 0 Å². The Balaban J connectivity index is 2.05.